The minimum atomic E-state index is 0.0765. The molecule has 0 saturated carbocycles. The van der Waals surface area contributed by atoms with Crippen LogP contribution >= 0.6 is 0 Å². The normalized spacial score (nSPS) is 15.8. The third-order valence-corrected chi connectivity index (χ3v) is 2.77. The van der Waals surface area contributed by atoms with Crippen molar-refractivity contribution >= 4 is 0 Å². The summed E-state index contributed by atoms with van der Waals surface area (Å²) in [4.78, 5) is 4.52. The fourth-order valence-corrected chi connectivity index (χ4v) is 1.95. The molecule has 0 spiro atoms. The molecule has 0 saturated heterocycles. The van der Waals surface area contributed by atoms with Gasteiger partial charge in [0, 0.05) is 19.4 Å². The zero-order chi connectivity index (χ0) is 11.2. The first kappa shape index (κ1) is 11.5. The third kappa shape index (κ3) is 3.02. The number of aryl methyl sites for hydroxylation is 2. The number of aromatic nitrogens is 3. The molecule has 2 heterocycles. The average Bonchev–Trinajstić information content (AvgIpc) is 2.55. The maximum atomic E-state index is 8.57. The highest BCUT2D eigenvalue weighted by atomic mass is 16.5. The smallest absolute Gasteiger partial charge is 0.153 e. The summed E-state index contributed by atoms with van der Waals surface area (Å²) in [7, 11) is 0. The second kappa shape index (κ2) is 5.96. The molecule has 5 nitrogen and oxygen atoms in total. The van der Waals surface area contributed by atoms with Gasteiger partial charge < -0.3 is 9.84 Å². The summed E-state index contributed by atoms with van der Waals surface area (Å²) in [6.07, 6.45) is 5.49. The van der Waals surface area contributed by atoms with Gasteiger partial charge in [-0.05, 0) is 12.8 Å². The van der Waals surface area contributed by atoms with Gasteiger partial charge in [0.05, 0.1) is 19.8 Å². The Bertz CT molecular complexity index is 302. The number of hydrogen-bond acceptors (Lipinski definition) is 4. The number of nitrogens with zero attached hydrogens (tertiary/aromatic N) is 3. The molecule has 1 aliphatic rings. The lowest BCUT2D eigenvalue weighted by Crippen LogP contribution is -2.05. The maximum absolute atomic E-state index is 8.57. The zero-order valence-corrected chi connectivity index (χ0v) is 9.56. The second-order valence-electron chi connectivity index (χ2n) is 4.06. The molecule has 0 bridgehead atoms. The number of aliphatic hydroxyl groups excluding tert-OH is 1. The number of ether oxygens (including phenoxy) is 1. The van der Waals surface area contributed by atoms with Gasteiger partial charge in [-0.2, -0.15) is 5.10 Å². The second-order valence-corrected chi connectivity index (χ2v) is 4.06. The number of hydrogen-bond donors (Lipinski definition) is 1. The molecular weight excluding hydrogens is 206 g/mol. The van der Waals surface area contributed by atoms with Crippen LogP contribution in [0.25, 0.3) is 0 Å². The monoisotopic (exact) mass is 225 g/mol. The number of rotatable bonds is 5. The summed E-state index contributed by atoms with van der Waals surface area (Å²) in [6.45, 7) is 2.06. The van der Waals surface area contributed by atoms with Crippen molar-refractivity contribution in [1.82, 2.24) is 14.8 Å². The van der Waals surface area contributed by atoms with E-state index in [4.69, 9.17) is 9.84 Å². The van der Waals surface area contributed by atoms with Crippen LogP contribution in [0.2, 0.25) is 0 Å². The van der Waals surface area contributed by atoms with E-state index in [2.05, 4.69) is 10.1 Å². The first-order valence-corrected chi connectivity index (χ1v) is 6.01. The Kier molecular flexibility index (Phi) is 4.30. The number of fused-ring (bicyclic) bond motifs is 1. The van der Waals surface area contributed by atoms with Crippen LogP contribution in [0.15, 0.2) is 0 Å². The Morgan fingerprint density at radius 3 is 3.06 bits per heavy atom. The molecule has 1 N–H and O–H groups in total. The molecule has 0 aromatic carbocycles. The molecule has 1 aliphatic heterocycles. The first-order chi connectivity index (χ1) is 7.90. The van der Waals surface area contributed by atoms with Crippen LogP contribution in [0.4, 0.5) is 0 Å². The van der Waals surface area contributed by atoms with E-state index in [0.717, 1.165) is 31.0 Å². The molecule has 0 unspecified atom stereocenters. The standard InChI is InChI=1S/C11H19N3O2/c15-7-9-16-8-5-10-12-11-4-2-1-3-6-14(11)13-10/h15H,1-9H2. The maximum Gasteiger partial charge on any atom is 0.153 e. The van der Waals surface area contributed by atoms with Gasteiger partial charge >= 0.3 is 0 Å². The van der Waals surface area contributed by atoms with Crippen LogP contribution in [0.3, 0.4) is 0 Å². The average molecular weight is 225 g/mol. The predicted molar refractivity (Wildman–Crippen MR) is 59.2 cm³/mol. The zero-order valence-electron chi connectivity index (χ0n) is 9.56. The van der Waals surface area contributed by atoms with Crippen molar-refractivity contribution in [3.63, 3.8) is 0 Å². The molecule has 0 aliphatic carbocycles. The summed E-state index contributed by atoms with van der Waals surface area (Å²) >= 11 is 0. The Hall–Kier alpha value is -0.940. The predicted octanol–water partition coefficient (Wildman–Crippen LogP) is 0.556. The molecule has 0 fully saturated rings. The largest absolute Gasteiger partial charge is 0.394 e. The van der Waals surface area contributed by atoms with E-state index >= 15 is 0 Å². The Morgan fingerprint density at radius 2 is 2.19 bits per heavy atom. The number of aliphatic hydroxyl groups is 1. The van der Waals surface area contributed by atoms with E-state index in [-0.39, 0.29) is 6.61 Å². The van der Waals surface area contributed by atoms with Crippen molar-refractivity contribution in [3.8, 4) is 0 Å². The molecule has 90 valence electrons. The Balaban J connectivity index is 1.86. The SMILES string of the molecule is OCCOCCc1nc2n(n1)CCCCC2. The van der Waals surface area contributed by atoms with Gasteiger partial charge in [-0.25, -0.2) is 9.67 Å². The Morgan fingerprint density at radius 1 is 1.25 bits per heavy atom. The summed E-state index contributed by atoms with van der Waals surface area (Å²) < 4.78 is 7.24. The highest BCUT2D eigenvalue weighted by Gasteiger charge is 2.12. The van der Waals surface area contributed by atoms with Gasteiger partial charge in [0.25, 0.3) is 0 Å². The molecule has 0 radical (unpaired) electrons. The quantitative estimate of drug-likeness (QED) is 0.744. The van der Waals surface area contributed by atoms with Gasteiger partial charge in [-0.1, -0.05) is 6.42 Å². The van der Waals surface area contributed by atoms with Crippen LogP contribution in [0.5, 0.6) is 0 Å². The highest BCUT2D eigenvalue weighted by Crippen LogP contribution is 2.12. The topological polar surface area (TPSA) is 60.2 Å². The molecule has 0 atom stereocenters. The summed E-state index contributed by atoms with van der Waals surface area (Å²) in [5.41, 5.74) is 0. The fourth-order valence-electron chi connectivity index (χ4n) is 1.95. The highest BCUT2D eigenvalue weighted by molar-refractivity contribution is 4.95. The molecule has 1 aromatic rings. The Labute approximate surface area is 95.4 Å². The van der Waals surface area contributed by atoms with Crippen molar-refractivity contribution in [2.45, 2.75) is 38.6 Å². The van der Waals surface area contributed by atoms with Crippen molar-refractivity contribution in [1.29, 1.82) is 0 Å². The van der Waals surface area contributed by atoms with Crippen molar-refractivity contribution < 1.29 is 9.84 Å². The molecule has 5 heteroatoms. The van der Waals surface area contributed by atoms with Crippen LogP contribution in [0, 0.1) is 0 Å². The lowest BCUT2D eigenvalue weighted by atomic mass is 10.2. The van der Waals surface area contributed by atoms with E-state index < -0.39 is 0 Å². The van der Waals surface area contributed by atoms with Gasteiger partial charge in [-0.3, -0.25) is 0 Å². The van der Waals surface area contributed by atoms with Gasteiger partial charge in [0.1, 0.15) is 5.82 Å². The third-order valence-electron chi connectivity index (χ3n) is 2.77. The van der Waals surface area contributed by atoms with Crippen LogP contribution in [-0.4, -0.2) is 39.7 Å². The van der Waals surface area contributed by atoms with Crippen LogP contribution in [0.1, 0.15) is 30.9 Å². The van der Waals surface area contributed by atoms with E-state index in [0.29, 0.717) is 13.2 Å². The van der Waals surface area contributed by atoms with Crippen molar-refractivity contribution in [2.24, 2.45) is 0 Å². The van der Waals surface area contributed by atoms with Crippen LogP contribution in [-0.2, 0) is 24.1 Å². The molecule has 2 rings (SSSR count). The van der Waals surface area contributed by atoms with Crippen LogP contribution < -0.4 is 0 Å². The van der Waals surface area contributed by atoms with Gasteiger partial charge in [0.15, 0.2) is 5.82 Å². The van der Waals surface area contributed by atoms with E-state index in [1.165, 1.54) is 19.3 Å². The molecular formula is C11H19N3O2. The lowest BCUT2D eigenvalue weighted by molar-refractivity contribution is 0.0936. The minimum absolute atomic E-state index is 0.0765. The molecule has 16 heavy (non-hydrogen) atoms. The van der Waals surface area contributed by atoms with Gasteiger partial charge in [-0.15, -0.1) is 0 Å². The van der Waals surface area contributed by atoms with E-state index in [1.54, 1.807) is 0 Å². The summed E-state index contributed by atoms with van der Waals surface area (Å²) in [5, 5.41) is 13.0. The molecule has 1 aromatic heterocycles. The summed E-state index contributed by atoms with van der Waals surface area (Å²) in [6, 6.07) is 0. The fraction of sp³-hybridized carbons (Fsp3) is 0.818. The lowest BCUT2D eigenvalue weighted by Gasteiger charge is -1.99. The van der Waals surface area contributed by atoms with Gasteiger partial charge in [0.2, 0.25) is 0 Å². The van der Waals surface area contributed by atoms with E-state index in [9.17, 15) is 0 Å². The van der Waals surface area contributed by atoms with Crippen molar-refractivity contribution in [2.75, 3.05) is 19.8 Å². The molecule has 0 amide bonds. The van der Waals surface area contributed by atoms with E-state index in [1.807, 2.05) is 4.68 Å². The minimum Gasteiger partial charge on any atom is -0.394 e. The first-order valence-electron chi connectivity index (χ1n) is 6.01. The van der Waals surface area contributed by atoms with Crippen molar-refractivity contribution in [3.05, 3.63) is 11.6 Å². The summed E-state index contributed by atoms with van der Waals surface area (Å²) in [5.74, 6) is 1.99.